The van der Waals surface area contributed by atoms with Gasteiger partial charge in [0.25, 0.3) is 6.43 Å². The Morgan fingerprint density at radius 3 is 2.65 bits per heavy atom. The number of rotatable bonds is 5. The van der Waals surface area contributed by atoms with E-state index in [4.69, 9.17) is 4.74 Å². The van der Waals surface area contributed by atoms with Crippen LogP contribution in [-0.2, 0) is 11.3 Å². The molecule has 26 heavy (non-hydrogen) atoms. The Labute approximate surface area is 148 Å². The van der Waals surface area contributed by atoms with Crippen LogP contribution < -0.4 is 4.74 Å². The molecule has 2 aromatic rings. The summed E-state index contributed by atoms with van der Waals surface area (Å²) in [5.74, 6) is -1.15. The van der Waals surface area contributed by atoms with Crippen LogP contribution in [0.1, 0.15) is 30.9 Å². The number of benzene rings is 1. The summed E-state index contributed by atoms with van der Waals surface area (Å²) in [4.78, 5) is 17.5. The van der Waals surface area contributed by atoms with E-state index in [0.29, 0.717) is 6.54 Å². The van der Waals surface area contributed by atoms with Gasteiger partial charge in [-0.15, -0.1) is 0 Å². The normalized spacial score (nSPS) is 20.1. The van der Waals surface area contributed by atoms with Crippen molar-refractivity contribution in [2.24, 2.45) is 0 Å². The summed E-state index contributed by atoms with van der Waals surface area (Å²) >= 11 is 0. The van der Waals surface area contributed by atoms with E-state index in [-0.39, 0.29) is 30.0 Å². The molecule has 0 radical (unpaired) electrons. The molecular weight excluding hydrogens is 349 g/mol. The van der Waals surface area contributed by atoms with Gasteiger partial charge in [-0.2, -0.15) is 0 Å². The van der Waals surface area contributed by atoms with Crippen molar-refractivity contribution in [3.63, 3.8) is 0 Å². The first kappa shape index (κ1) is 18.2. The number of halogens is 3. The first-order chi connectivity index (χ1) is 12.3. The van der Waals surface area contributed by atoms with Gasteiger partial charge >= 0.3 is 0 Å². The lowest BCUT2D eigenvalue weighted by atomic mass is 10.2. The molecule has 1 aromatic heterocycles. The molecule has 1 aromatic carbocycles. The maximum atomic E-state index is 13.8. The van der Waals surface area contributed by atoms with E-state index in [2.05, 4.69) is 4.98 Å². The monoisotopic (exact) mass is 366 g/mol. The SMILES string of the molecule is CC1C(O)CC(=O)N1Cc1ccc(Oc2ccc(C(F)F)cc2F)nc1. The quantitative estimate of drug-likeness (QED) is 0.881. The van der Waals surface area contributed by atoms with Crippen LogP contribution in [0.15, 0.2) is 36.5 Å². The molecule has 1 amide bonds. The van der Waals surface area contributed by atoms with Crippen molar-refractivity contribution < 1.29 is 27.8 Å². The molecule has 0 bridgehead atoms. The van der Waals surface area contributed by atoms with Crippen molar-refractivity contribution in [1.29, 1.82) is 0 Å². The van der Waals surface area contributed by atoms with E-state index < -0.39 is 23.9 Å². The van der Waals surface area contributed by atoms with Gasteiger partial charge in [0.1, 0.15) is 0 Å². The molecule has 1 saturated heterocycles. The van der Waals surface area contributed by atoms with Gasteiger partial charge in [-0.25, -0.2) is 18.2 Å². The highest BCUT2D eigenvalue weighted by Gasteiger charge is 2.35. The fourth-order valence-electron chi connectivity index (χ4n) is 2.74. The highest BCUT2D eigenvalue weighted by Crippen LogP contribution is 2.28. The van der Waals surface area contributed by atoms with Crippen molar-refractivity contribution in [1.82, 2.24) is 9.88 Å². The Kier molecular flexibility index (Phi) is 5.13. The van der Waals surface area contributed by atoms with Crippen molar-refractivity contribution in [2.75, 3.05) is 0 Å². The van der Waals surface area contributed by atoms with Crippen molar-refractivity contribution in [2.45, 2.75) is 38.5 Å². The molecule has 1 aliphatic heterocycles. The summed E-state index contributed by atoms with van der Waals surface area (Å²) in [7, 11) is 0. The minimum atomic E-state index is -2.76. The topological polar surface area (TPSA) is 62.7 Å². The van der Waals surface area contributed by atoms with Crippen LogP contribution in [0.4, 0.5) is 13.2 Å². The smallest absolute Gasteiger partial charge is 0.263 e. The minimum absolute atomic E-state index is 0.0956. The van der Waals surface area contributed by atoms with Crippen LogP contribution in [0.3, 0.4) is 0 Å². The van der Waals surface area contributed by atoms with E-state index >= 15 is 0 Å². The van der Waals surface area contributed by atoms with Crippen LogP contribution in [0.2, 0.25) is 0 Å². The summed E-state index contributed by atoms with van der Waals surface area (Å²) in [6.07, 6.45) is -1.86. The number of nitrogens with zero attached hydrogens (tertiary/aromatic N) is 2. The van der Waals surface area contributed by atoms with Crippen LogP contribution in [0, 0.1) is 5.82 Å². The Bertz CT molecular complexity index is 799. The van der Waals surface area contributed by atoms with E-state index in [1.165, 1.54) is 12.3 Å². The zero-order valence-electron chi connectivity index (χ0n) is 13.9. The number of carbonyl (C=O) groups excluding carboxylic acids is 1. The number of amides is 1. The number of carbonyl (C=O) groups is 1. The van der Waals surface area contributed by atoms with Crippen molar-refractivity contribution in [3.8, 4) is 11.6 Å². The number of alkyl halides is 2. The fraction of sp³-hybridized carbons (Fsp3) is 0.333. The second kappa shape index (κ2) is 7.33. The number of aliphatic hydroxyl groups excluding tert-OH is 1. The number of hydrogen-bond donors (Lipinski definition) is 1. The van der Waals surface area contributed by atoms with E-state index in [0.717, 1.165) is 23.8 Å². The molecule has 2 unspecified atom stereocenters. The molecule has 3 rings (SSSR count). The number of likely N-dealkylation sites (tertiary alicyclic amines) is 1. The maximum absolute atomic E-state index is 13.8. The summed E-state index contributed by atoms with van der Waals surface area (Å²) in [5.41, 5.74) is 0.296. The molecule has 1 fully saturated rings. The highest BCUT2D eigenvalue weighted by molar-refractivity contribution is 5.79. The average Bonchev–Trinajstić information content (AvgIpc) is 2.84. The van der Waals surface area contributed by atoms with Crippen LogP contribution in [0.25, 0.3) is 0 Å². The predicted molar refractivity (Wildman–Crippen MR) is 86.3 cm³/mol. The van der Waals surface area contributed by atoms with Gasteiger partial charge in [0, 0.05) is 24.4 Å². The van der Waals surface area contributed by atoms with E-state index in [1.54, 1.807) is 17.9 Å². The molecule has 0 spiro atoms. The number of aromatic nitrogens is 1. The summed E-state index contributed by atoms with van der Waals surface area (Å²) in [6.45, 7) is 2.06. The number of aliphatic hydroxyl groups is 1. The average molecular weight is 366 g/mol. The van der Waals surface area contributed by atoms with Crippen LogP contribution in [0.5, 0.6) is 11.6 Å². The third-order valence-electron chi connectivity index (χ3n) is 4.33. The standard InChI is InChI=1S/C18H17F3N2O3/c1-10-14(24)7-17(25)23(10)9-11-2-5-16(22-8-11)26-15-4-3-12(18(20)21)6-13(15)19/h2-6,8,10,14,18,24H,7,9H2,1H3. The third-order valence-corrected chi connectivity index (χ3v) is 4.33. The Morgan fingerprint density at radius 2 is 2.12 bits per heavy atom. The Hall–Kier alpha value is -2.61. The van der Waals surface area contributed by atoms with Gasteiger partial charge in [-0.3, -0.25) is 4.79 Å². The molecule has 0 aliphatic carbocycles. The van der Waals surface area contributed by atoms with Crippen LogP contribution in [-0.4, -0.2) is 33.0 Å². The lowest BCUT2D eigenvalue weighted by Gasteiger charge is -2.22. The Morgan fingerprint density at radius 1 is 1.35 bits per heavy atom. The molecule has 2 heterocycles. The number of pyridine rings is 1. The molecule has 1 N–H and O–H groups in total. The van der Waals surface area contributed by atoms with Gasteiger partial charge in [0.15, 0.2) is 11.6 Å². The molecule has 8 heteroatoms. The molecular formula is C18H17F3N2O3. The van der Waals surface area contributed by atoms with Crippen LogP contribution >= 0.6 is 0 Å². The minimum Gasteiger partial charge on any atom is -0.436 e. The predicted octanol–water partition coefficient (Wildman–Crippen LogP) is 3.43. The van der Waals surface area contributed by atoms with Gasteiger partial charge in [-0.1, -0.05) is 6.07 Å². The second-order valence-electron chi connectivity index (χ2n) is 6.13. The lowest BCUT2D eigenvalue weighted by Crippen LogP contribution is -2.33. The molecule has 5 nitrogen and oxygen atoms in total. The number of hydrogen-bond acceptors (Lipinski definition) is 4. The van der Waals surface area contributed by atoms with E-state index in [1.807, 2.05) is 0 Å². The van der Waals surface area contributed by atoms with Crippen molar-refractivity contribution in [3.05, 3.63) is 53.5 Å². The van der Waals surface area contributed by atoms with Gasteiger partial charge < -0.3 is 14.7 Å². The summed E-state index contributed by atoms with van der Waals surface area (Å²) in [6, 6.07) is 5.82. The maximum Gasteiger partial charge on any atom is 0.263 e. The van der Waals surface area contributed by atoms with Gasteiger partial charge in [0.05, 0.1) is 18.6 Å². The summed E-state index contributed by atoms with van der Waals surface area (Å²) < 4.78 is 44.2. The second-order valence-corrected chi connectivity index (χ2v) is 6.13. The molecule has 138 valence electrons. The zero-order valence-corrected chi connectivity index (χ0v) is 13.9. The largest absolute Gasteiger partial charge is 0.436 e. The summed E-state index contributed by atoms with van der Waals surface area (Å²) in [5, 5.41) is 9.72. The fourth-order valence-corrected chi connectivity index (χ4v) is 2.74. The van der Waals surface area contributed by atoms with Crippen molar-refractivity contribution >= 4 is 5.91 Å². The van der Waals surface area contributed by atoms with Gasteiger partial charge in [-0.05, 0) is 30.7 Å². The lowest BCUT2D eigenvalue weighted by molar-refractivity contribution is -0.129. The first-order valence-corrected chi connectivity index (χ1v) is 8.03. The third kappa shape index (κ3) is 3.80. The van der Waals surface area contributed by atoms with Gasteiger partial charge in [0.2, 0.25) is 11.8 Å². The molecule has 1 aliphatic rings. The molecule has 0 saturated carbocycles. The number of ether oxygens (including phenoxy) is 1. The zero-order chi connectivity index (χ0) is 18.8. The highest BCUT2D eigenvalue weighted by atomic mass is 19.3. The first-order valence-electron chi connectivity index (χ1n) is 8.03. The Balaban J connectivity index is 1.68. The van der Waals surface area contributed by atoms with E-state index in [9.17, 15) is 23.1 Å². The molecule has 2 atom stereocenters.